The lowest BCUT2D eigenvalue weighted by Crippen LogP contribution is -2.36. The fourth-order valence-corrected chi connectivity index (χ4v) is 3.64. The van der Waals surface area contributed by atoms with Crippen molar-refractivity contribution < 1.29 is 13.2 Å². The van der Waals surface area contributed by atoms with Crippen LogP contribution in [0.3, 0.4) is 0 Å². The fraction of sp³-hybridized carbons (Fsp3) is 0.429. The van der Waals surface area contributed by atoms with Crippen molar-refractivity contribution in [2.45, 2.75) is 25.8 Å². The Morgan fingerprint density at radius 3 is 2.90 bits per heavy atom. The smallest absolute Gasteiger partial charge is 0.211 e. The Balaban J connectivity index is 1.90. The van der Waals surface area contributed by atoms with Crippen LogP contribution in [0.15, 0.2) is 18.2 Å². The predicted molar refractivity (Wildman–Crippen MR) is 78.6 cm³/mol. The number of nitrogens with one attached hydrogen (secondary N) is 2. The van der Waals surface area contributed by atoms with Crippen molar-refractivity contribution >= 4 is 20.9 Å². The summed E-state index contributed by atoms with van der Waals surface area (Å²) in [6, 6.07) is 5.88. The van der Waals surface area contributed by atoms with Crippen molar-refractivity contribution in [2.75, 3.05) is 12.9 Å². The number of aromatic amines is 1. The Morgan fingerprint density at radius 2 is 2.20 bits per heavy atom. The molecule has 108 valence electrons. The van der Waals surface area contributed by atoms with Crippen molar-refractivity contribution in [2.24, 2.45) is 0 Å². The molecule has 0 bridgehead atoms. The van der Waals surface area contributed by atoms with Crippen molar-refractivity contribution in [1.29, 1.82) is 0 Å². The van der Waals surface area contributed by atoms with E-state index >= 15 is 0 Å². The van der Waals surface area contributed by atoms with Gasteiger partial charge in [0.1, 0.15) is 5.75 Å². The zero-order valence-corrected chi connectivity index (χ0v) is 12.4. The van der Waals surface area contributed by atoms with Gasteiger partial charge in [-0.3, -0.25) is 0 Å². The molecule has 0 fully saturated rings. The number of aromatic nitrogens is 1. The van der Waals surface area contributed by atoms with Crippen molar-refractivity contribution in [3.63, 3.8) is 0 Å². The molecule has 1 heterocycles. The first-order valence-electron chi connectivity index (χ1n) is 6.70. The van der Waals surface area contributed by atoms with Crippen LogP contribution in [0.25, 0.3) is 10.9 Å². The number of ether oxygens (including phenoxy) is 1. The summed E-state index contributed by atoms with van der Waals surface area (Å²) >= 11 is 0. The standard InChI is InChI=1S/C14H18N2O3S/c1-3-20(17,18)16-9-6-11-12-8-10(19-2)4-5-13(12)15-14(11)7-9/h4-5,8-9,15-16H,3,6-7H2,1-2H3. The van der Waals surface area contributed by atoms with E-state index in [4.69, 9.17) is 4.74 Å². The molecule has 0 spiro atoms. The Labute approximate surface area is 118 Å². The number of benzene rings is 1. The van der Waals surface area contributed by atoms with Gasteiger partial charge in [-0.2, -0.15) is 0 Å². The van der Waals surface area contributed by atoms with E-state index in [2.05, 4.69) is 9.71 Å². The van der Waals surface area contributed by atoms with Crippen LogP contribution in [0.5, 0.6) is 5.75 Å². The molecule has 1 aromatic carbocycles. The maximum Gasteiger partial charge on any atom is 0.211 e. The minimum Gasteiger partial charge on any atom is -0.497 e. The number of hydrogen-bond donors (Lipinski definition) is 2. The average Bonchev–Trinajstić information content (AvgIpc) is 2.94. The van der Waals surface area contributed by atoms with E-state index in [1.807, 2.05) is 18.2 Å². The van der Waals surface area contributed by atoms with Crippen LogP contribution >= 0.6 is 0 Å². The topological polar surface area (TPSA) is 71.2 Å². The molecule has 1 aromatic heterocycles. The number of rotatable bonds is 4. The number of fused-ring (bicyclic) bond motifs is 3. The van der Waals surface area contributed by atoms with Crippen LogP contribution in [0.1, 0.15) is 18.2 Å². The van der Waals surface area contributed by atoms with E-state index in [1.165, 1.54) is 5.56 Å². The molecule has 0 amide bonds. The Kier molecular flexibility index (Phi) is 3.22. The first-order valence-corrected chi connectivity index (χ1v) is 8.35. The molecular weight excluding hydrogens is 276 g/mol. The minimum atomic E-state index is -3.15. The van der Waals surface area contributed by atoms with Crippen LogP contribution in [-0.2, 0) is 22.9 Å². The quantitative estimate of drug-likeness (QED) is 0.899. The predicted octanol–water partition coefficient (Wildman–Crippen LogP) is 1.58. The van der Waals surface area contributed by atoms with Crippen molar-refractivity contribution in [1.82, 2.24) is 9.71 Å². The Bertz CT molecular complexity index is 749. The van der Waals surface area contributed by atoms with Crippen LogP contribution in [0.2, 0.25) is 0 Å². The molecule has 1 unspecified atom stereocenters. The Morgan fingerprint density at radius 1 is 1.40 bits per heavy atom. The molecule has 2 aromatic rings. The third-order valence-electron chi connectivity index (χ3n) is 3.83. The summed E-state index contributed by atoms with van der Waals surface area (Å²) in [6.07, 6.45) is 1.44. The first kappa shape index (κ1) is 13.5. The van der Waals surface area contributed by atoms with Gasteiger partial charge in [0, 0.05) is 29.1 Å². The van der Waals surface area contributed by atoms with Crippen molar-refractivity contribution in [3.8, 4) is 5.75 Å². The summed E-state index contributed by atoms with van der Waals surface area (Å²) in [7, 11) is -1.51. The zero-order chi connectivity index (χ0) is 14.3. The van der Waals surface area contributed by atoms with E-state index in [9.17, 15) is 8.42 Å². The van der Waals surface area contributed by atoms with E-state index in [0.717, 1.165) is 28.8 Å². The molecule has 1 aliphatic rings. The van der Waals surface area contributed by atoms with Crippen molar-refractivity contribution in [3.05, 3.63) is 29.5 Å². The first-order chi connectivity index (χ1) is 9.52. The maximum atomic E-state index is 11.7. The van der Waals surface area contributed by atoms with Gasteiger partial charge in [0.2, 0.25) is 10.0 Å². The van der Waals surface area contributed by atoms with Crippen LogP contribution in [0, 0.1) is 0 Å². The highest BCUT2D eigenvalue weighted by Gasteiger charge is 2.28. The van der Waals surface area contributed by atoms with Gasteiger partial charge in [-0.1, -0.05) is 0 Å². The highest BCUT2D eigenvalue weighted by atomic mass is 32.2. The fourth-order valence-electron chi connectivity index (χ4n) is 2.80. The SMILES string of the molecule is CCS(=O)(=O)NC1Cc2[nH]c3ccc(OC)cc3c2C1. The number of H-pyrrole nitrogens is 1. The van der Waals surface area contributed by atoms with Crippen LogP contribution in [-0.4, -0.2) is 32.3 Å². The normalized spacial score (nSPS) is 18.4. The average molecular weight is 294 g/mol. The summed E-state index contributed by atoms with van der Waals surface area (Å²) in [5.41, 5.74) is 3.40. The largest absolute Gasteiger partial charge is 0.497 e. The molecule has 20 heavy (non-hydrogen) atoms. The van der Waals surface area contributed by atoms with Crippen LogP contribution in [0.4, 0.5) is 0 Å². The lowest BCUT2D eigenvalue weighted by atomic mass is 10.1. The van der Waals surface area contributed by atoms with Crippen LogP contribution < -0.4 is 9.46 Å². The summed E-state index contributed by atoms with van der Waals surface area (Å²) in [4.78, 5) is 3.37. The summed E-state index contributed by atoms with van der Waals surface area (Å²) < 4.78 is 31.3. The summed E-state index contributed by atoms with van der Waals surface area (Å²) in [5, 5.41) is 1.12. The van der Waals surface area contributed by atoms with Gasteiger partial charge in [-0.25, -0.2) is 13.1 Å². The molecular formula is C14H18N2O3S. The summed E-state index contributed by atoms with van der Waals surface area (Å²) in [5.74, 6) is 0.934. The third kappa shape index (κ3) is 2.29. The van der Waals surface area contributed by atoms with E-state index in [-0.39, 0.29) is 11.8 Å². The second-order valence-electron chi connectivity index (χ2n) is 5.12. The molecule has 2 N–H and O–H groups in total. The van der Waals surface area contributed by atoms with Gasteiger partial charge < -0.3 is 9.72 Å². The molecule has 0 saturated heterocycles. The number of sulfonamides is 1. The molecule has 5 nitrogen and oxygen atoms in total. The van der Waals surface area contributed by atoms with Gasteiger partial charge in [-0.15, -0.1) is 0 Å². The van der Waals surface area contributed by atoms with E-state index < -0.39 is 10.0 Å². The van der Waals surface area contributed by atoms with E-state index in [1.54, 1.807) is 14.0 Å². The number of hydrogen-bond acceptors (Lipinski definition) is 3. The second-order valence-corrected chi connectivity index (χ2v) is 7.16. The molecule has 0 radical (unpaired) electrons. The maximum absolute atomic E-state index is 11.7. The monoisotopic (exact) mass is 294 g/mol. The zero-order valence-electron chi connectivity index (χ0n) is 11.6. The van der Waals surface area contributed by atoms with Gasteiger partial charge in [0.05, 0.1) is 12.9 Å². The molecule has 0 aliphatic heterocycles. The van der Waals surface area contributed by atoms with Gasteiger partial charge in [0.25, 0.3) is 0 Å². The molecule has 6 heteroatoms. The highest BCUT2D eigenvalue weighted by Crippen LogP contribution is 2.32. The minimum absolute atomic E-state index is 0.0446. The Hall–Kier alpha value is -1.53. The number of methoxy groups -OCH3 is 1. The lowest BCUT2D eigenvalue weighted by molar-refractivity contribution is 0.415. The van der Waals surface area contributed by atoms with Gasteiger partial charge in [-0.05, 0) is 37.1 Å². The lowest BCUT2D eigenvalue weighted by Gasteiger charge is -2.11. The third-order valence-corrected chi connectivity index (χ3v) is 5.28. The molecule has 1 aliphatic carbocycles. The highest BCUT2D eigenvalue weighted by molar-refractivity contribution is 7.89. The molecule has 0 saturated carbocycles. The van der Waals surface area contributed by atoms with Gasteiger partial charge in [0.15, 0.2) is 0 Å². The second kappa shape index (κ2) is 4.79. The van der Waals surface area contributed by atoms with E-state index in [0.29, 0.717) is 6.42 Å². The molecule has 1 atom stereocenters. The molecule has 3 rings (SSSR count). The summed E-state index contributed by atoms with van der Waals surface area (Å²) in [6.45, 7) is 1.65. The van der Waals surface area contributed by atoms with Gasteiger partial charge >= 0.3 is 0 Å².